The number of para-hydroxylation sites is 1. The summed E-state index contributed by atoms with van der Waals surface area (Å²) >= 11 is 1.86. The molecule has 0 saturated carbocycles. The van der Waals surface area contributed by atoms with Gasteiger partial charge in [0.2, 0.25) is 0 Å². The molecule has 0 N–H and O–H groups in total. The van der Waals surface area contributed by atoms with Crippen LogP contribution >= 0.6 is 11.3 Å². The van der Waals surface area contributed by atoms with Crippen molar-refractivity contribution in [2.24, 2.45) is 0 Å². The Morgan fingerprint density at radius 2 is 0.981 bits per heavy atom. The number of benzene rings is 9. The first-order chi connectivity index (χ1) is 26.3. The van der Waals surface area contributed by atoms with E-state index < -0.39 is 0 Å². The lowest BCUT2D eigenvalue weighted by Gasteiger charge is -2.26. The van der Waals surface area contributed by atoms with Crippen molar-refractivity contribution in [3.05, 3.63) is 194 Å². The third-order valence-corrected chi connectivity index (χ3v) is 11.9. The third kappa shape index (κ3) is 4.78. The largest absolute Gasteiger partial charge is 0.310 e. The van der Waals surface area contributed by atoms with Crippen LogP contribution in [-0.4, -0.2) is 4.57 Å². The number of thiophene rings is 1. The molecule has 2 heterocycles. The molecule has 11 rings (SSSR count). The molecule has 0 spiro atoms. The quantitative estimate of drug-likeness (QED) is 0.174. The average molecular weight is 693 g/mol. The molecule has 248 valence electrons. The molecule has 3 heteroatoms. The summed E-state index contributed by atoms with van der Waals surface area (Å²) in [5, 5.41) is 10.1. The number of rotatable bonds is 5. The normalized spacial score (nSPS) is 11.8. The summed E-state index contributed by atoms with van der Waals surface area (Å²) in [5.74, 6) is 0. The predicted molar refractivity (Wildman–Crippen MR) is 229 cm³/mol. The average Bonchev–Trinajstić information content (AvgIpc) is 3.77. The van der Waals surface area contributed by atoms with Crippen LogP contribution in [0.25, 0.3) is 80.3 Å². The molecule has 0 bridgehead atoms. The molecule has 0 amide bonds. The van der Waals surface area contributed by atoms with Crippen LogP contribution in [-0.2, 0) is 0 Å². The van der Waals surface area contributed by atoms with Crippen molar-refractivity contribution in [2.45, 2.75) is 0 Å². The molecule has 0 aliphatic carbocycles. The first-order valence-corrected chi connectivity index (χ1v) is 18.9. The molecule has 0 radical (unpaired) electrons. The zero-order valence-electron chi connectivity index (χ0n) is 28.8. The minimum absolute atomic E-state index is 1.11. The van der Waals surface area contributed by atoms with E-state index >= 15 is 0 Å². The Labute approximate surface area is 311 Å². The van der Waals surface area contributed by atoms with E-state index in [0.717, 1.165) is 22.7 Å². The fourth-order valence-corrected chi connectivity index (χ4v) is 9.40. The van der Waals surface area contributed by atoms with Crippen molar-refractivity contribution in [3.8, 4) is 16.8 Å². The Morgan fingerprint density at radius 1 is 0.377 bits per heavy atom. The van der Waals surface area contributed by atoms with Crippen LogP contribution in [0, 0.1) is 0 Å². The second-order valence-corrected chi connectivity index (χ2v) is 14.8. The van der Waals surface area contributed by atoms with E-state index in [1.165, 1.54) is 74.6 Å². The zero-order chi connectivity index (χ0) is 34.9. The summed E-state index contributed by atoms with van der Waals surface area (Å²) < 4.78 is 5.05. The van der Waals surface area contributed by atoms with Crippen molar-refractivity contribution in [2.75, 3.05) is 4.90 Å². The summed E-state index contributed by atoms with van der Waals surface area (Å²) in [6, 6.07) is 71.0. The SMILES string of the molecule is c1ccc2c(-c3ccc(N(c4ccc(-n5c6ccccc6c6ccc7ccccc7c65)cc4)c4ccc5sc6ccccc6c5c4)cc3)cccc2c1. The molecule has 0 unspecified atom stereocenters. The Hall–Kier alpha value is -6.68. The molecular weight excluding hydrogens is 661 g/mol. The highest BCUT2D eigenvalue weighted by molar-refractivity contribution is 7.25. The molecule has 53 heavy (non-hydrogen) atoms. The zero-order valence-corrected chi connectivity index (χ0v) is 29.6. The minimum Gasteiger partial charge on any atom is -0.310 e. The van der Waals surface area contributed by atoms with Crippen LogP contribution in [0.3, 0.4) is 0 Å². The highest BCUT2D eigenvalue weighted by atomic mass is 32.1. The Morgan fingerprint density at radius 3 is 1.79 bits per heavy atom. The van der Waals surface area contributed by atoms with Crippen LogP contribution in [0.4, 0.5) is 17.1 Å². The van der Waals surface area contributed by atoms with Crippen LogP contribution in [0.15, 0.2) is 194 Å². The van der Waals surface area contributed by atoms with Crippen LogP contribution < -0.4 is 4.90 Å². The van der Waals surface area contributed by atoms with E-state index in [1.54, 1.807) is 0 Å². The van der Waals surface area contributed by atoms with E-state index in [9.17, 15) is 0 Å². The maximum atomic E-state index is 2.43. The number of hydrogen-bond acceptors (Lipinski definition) is 2. The van der Waals surface area contributed by atoms with E-state index in [-0.39, 0.29) is 0 Å². The van der Waals surface area contributed by atoms with Gasteiger partial charge in [0.1, 0.15) is 0 Å². The summed E-state index contributed by atoms with van der Waals surface area (Å²) in [6.45, 7) is 0. The fourth-order valence-electron chi connectivity index (χ4n) is 8.32. The van der Waals surface area contributed by atoms with E-state index in [0.29, 0.717) is 0 Å². The molecule has 0 atom stereocenters. The van der Waals surface area contributed by atoms with Gasteiger partial charge in [-0.15, -0.1) is 11.3 Å². The van der Waals surface area contributed by atoms with Gasteiger partial charge in [0.05, 0.1) is 11.0 Å². The summed E-state index contributed by atoms with van der Waals surface area (Å²) in [5.41, 5.74) is 9.40. The molecule has 2 nitrogen and oxygen atoms in total. The van der Waals surface area contributed by atoms with Gasteiger partial charge in [0.15, 0.2) is 0 Å². The van der Waals surface area contributed by atoms with Gasteiger partial charge in [0, 0.05) is 59.1 Å². The van der Waals surface area contributed by atoms with Crippen LogP contribution in [0.2, 0.25) is 0 Å². The second kappa shape index (κ2) is 11.9. The third-order valence-electron chi connectivity index (χ3n) is 10.8. The molecule has 9 aromatic carbocycles. The maximum absolute atomic E-state index is 2.43. The molecule has 11 aromatic rings. The lowest BCUT2D eigenvalue weighted by molar-refractivity contribution is 1.18. The van der Waals surface area contributed by atoms with Gasteiger partial charge < -0.3 is 9.47 Å². The fraction of sp³-hybridized carbons (Fsp3) is 0. The van der Waals surface area contributed by atoms with Crippen molar-refractivity contribution in [3.63, 3.8) is 0 Å². The molecule has 2 aromatic heterocycles. The molecule has 0 saturated heterocycles. The number of aromatic nitrogens is 1. The first kappa shape index (κ1) is 30.0. The van der Waals surface area contributed by atoms with Gasteiger partial charge in [-0.1, -0.05) is 127 Å². The smallest absolute Gasteiger partial charge is 0.0619 e. The number of anilines is 3. The summed E-state index contributed by atoms with van der Waals surface area (Å²) in [6.07, 6.45) is 0. The highest BCUT2D eigenvalue weighted by Crippen LogP contribution is 2.42. The molecular formula is C50H32N2S. The second-order valence-electron chi connectivity index (χ2n) is 13.7. The topological polar surface area (TPSA) is 8.17 Å². The van der Waals surface area contributed by atoms with Gasteiger partial charge in [-0.3, -0.25) is 0 Å². The first-order valence-electron chi connectivity index (χ1n) is 18.1. The van der Waals surface area contributed by atoms with Gasteiger partial charge in [-0.05, 0) is 94.0 Å². The number of hydrogen-bond donors (Lipinski definition) is 0. The monoisotopic (exact) mass is 692 g/mol. The number of fused-ring (bicyclic) bond motifs is 9. The Kier molecular flexibility index (Phi) is 6.76. The van der Waals surface area contributed by atoms with E-state index in [2.05, 4.69) is 204 Å². The van der Waals surface area contributed by atoms with Crippen LogP contribution in [0.1, 0.15) is 0 Å². The van der Waals surface area contributed by atoms with Crippen molar-refractivity contribution < 1.29 is 0 Å². The van der Waals surface area contributed by atoms with E-state index in [4.69, 9.17) is 0 Å². The van der Waals surface area contributed by atoms with Crippen molar-refractivity contribution in [1.82, 2.24) is 4.57 Å². The predicted octanol–water partition coefficient (Wildman–Crippen LogP) is 14.6. The van der Waals surface area contributed by atoms with Crippen molar-refractivity contribution in [1.29, 1.82) is 0 Å². The standard InChI is InChI=1S/C50H32N2S/c1-3-13-40-33(10-1)12-9-17-41(40)35-20-23-36(24-21-35)51(39-29-31-49-46(32-39)44-16-6-8-19-48(44)53-49)37-25-27-38(28-26-37)52-47-18-7-5-15-43(47)45-30-22-34-11-2-4-14-42(34)50(45)52/h1-32H. The Bertz CT molecular complexity index is 3160. The van der Waals surface area contributed by atoms with Crippen LogP contribution in [0.5, 0.6) is 0 Å². The maximum Gasteiger partial charge on any atom is 0.0619 e. The summed E-state index contributed by atoms with van der Waals surface area (Å²) in [7, 11) is 0. The molecule has 0 aliphatic rings. The highest BCUT2D eigenvalue weighted by Gasteiger charge is 2.18. The van der Waals surface area contributed by atoms with Crippen molar-refractivity contribution >= 4 is 91.9 Å². The van der Waals surface area contributed by atoms with Gasteiger partial charge in [0.25, 0.3) is 0 Å². The lowest BCUT2D eigenvalue weighted by Crippen LogP contribution is -2.10. The lowest BCUT2D eigenvalue weighted by atomic mass is 9.98. The van der Waals surface area contributed by atoms with E-state index in [1.807, 2.05) is 11.3 Å². The Balaban J connectivity index is 1.08. The van der Waals surface area contributed by atoms with Gasteiger partial charge in [-0.25, -0.2) is 0 Å². The van der Waals surface area contributed by atoms with Gasteiger partial charge in [-0.2, -0.15) is 0 Å². The minimum atomic E-state index is 1.11. The molecule has 0 fully saturated rings. The van der Waals surface area contributed by atoms with Gasteiger partial charge >= 0.3 is 0 Å². The molecule has 0 aliphatic heterocycles. The number of nitrogens with zero attached hydrogens (tertiary/aromatic N) is 2. The summed E-state index contributed by atoms with van der Waals surface area (Å²) in [4.78, 5) is 2.39.